The molecule has 2 saturated heterocycles. The minimum atomic E-state index is -0.642. The molecule has 202 valence electrons. The number of nitrogens with one attached hydrogen (secondary N) is 1. The van der Waals surface area contributed by atoms with Crippen LogP contribution in [0.15, 0.2) is 41.3 Å². The van der Waals surface area contributed by atoms with E-state index in [1.165, 1.54) is 6.08 Å². The van der Waals surface area contributed by atoms with E-state index >= 15 is 4.39 Å². The topological polar surface area (TPSA) is 123 Å². The van der Waals surface area contributed by atoms with Gasteiger partial charge in [0, 0.05) is 35.6 Å². The number of nitrogens with two attached hydrogens (primary N) is 1. The predicted molar refractivity (Wildman–Crippen MR) is 147 cm³/mol. The number of likely N-dealkylation sites (N-methyl/N-ethyl adjacent to an activating group) is 1. The molecule has 2 fully saturated rings. The molecule has 2 aromatic heterocycles. The smallest absolute Gasteiger partial charge is 0.319 e. The van der Waals surface area contributed by atoms with Crippen LogP contribution in [0.4, 0.5) is 16.2 Å². The molecule has 2 aliphatic rings. The summed E-state index contributed by atoms with van der Waals surface area (Å²) >= 11 is 6.68. The van der Waals surface area contributed by atoms with Crippen molar-refractivity contribution >= 4 is 51.3 Å². The van der Waals surface area contributed by atoms with Gasteiger partial charge in [-0.15, -0.1) is 0 Å². The molecule has 2 aliphatic heterocycles. The maximum atomic E-state index is 16.3. The van der Waals surface area contributed by atoms with Crippen LogP contribution in [0.2, 0.25) is 5.02 Å². The number of para-hydroxylation sites is 1. The van der Waals surface area contributed by atoms with E-state index < -0.39 is 5.82 Å². The van der Waals surface area contributed by atoms with Crippen molar-refractivity contribution in [3.05, 3.63) is 47.8 Å². The van der Waals surface area contributed by atoms with Gasteiger partial charge in [0.15, 0.2) is 11.4 Å². The SMILES string of the molecule is C=CC(=O)N1CC(Nc2nc(OCC3CCCN3C)nc3c(F)c(-c4cccc5oc(N)nc45)c(Cl)cc23)C1. The number of ether oxygens (including phenoxy) is 1. The maximum absolute atomic E-state index is 16.3. The van der Waals surface area contributed by atoms with E-state index in [4.69, 9.17) is 26.5 Å². The summed E-state index contributed by atoms with van der Waals surface area (Å²) in [5.41, 5.74) is 7.17. The van der Waals surface area contributed by atoms with Crippen LogP contribution in [-0.2, 0) is 4.79 Å². The van der Waals surface area contributed by atoms with Crippen LogP contribution < -0.4 is 15.8 Å². The highest BCUT2D eigenvalue weighted by atomic mass is 35.5. The summed E-state index contributed by atoms with van der Waals surface area (Å²) in [5.74, 6) is -0.412. The fourth-order valence-corrected chi connectivity index (χ4v) is 5.49. The summed E-state index contributed by atoms with van der Waals surface area (Å²) in [5, 5.41) is 3.86. The van der Waals surface area contributed by atoms with Crippen molar-refractivity contribution in [2.24, 2.45) is 0 Å². The Hall–Kier alpha value is -3.96. The van der Waals surface area contributed by atoms with Gasteiger partial charge in [-0.1, -0.05) is 30.3 Å². The van der Waals surface area contributed by atoms with E-state index in [0.717, 1.165) is 19.4 Å². The summed E-state index contributed by atoms with van der Waals surface area (Å²) < 4.78 is 27.8. The Morgan fingerprint density at radius 1 is 1.33 bits per heavy atom. The van der Waals surface area contributed by atoms with Gasteiger partial charge in [-0.2, -0.15) is 15.0 Å². The van der Waals surface area contributed by atoms with E-state index in [2.05, 4.69) is 31.7 Å². The molecule has 12 heteroatoms. The predicted octanol–water partition coefficient (Wildman–Crippen LogP) is 4.09. The number of aromatic nitrogens is 3. The zero-order chi connectivity index (χ0) is 27.3. The zero-order valence-corrected chi connectivity index (χ0v) is 22.0. The molecule has 1 atom stereocenters. The van der Waals surface area contributed by atoms with Crippen molar-refractivity contribution in [3.8, 4) is 17.1 Å². The van der Waals surface area contributed by atoms with E-state index in [9.17, 15) is 4.79 Å². The average molecular weight is 552 g/mol. The number of halogens is 2. The van der Waals surface area contributed by atoms with Gasteiger partial charge in [-0.25, -0.2) is 4.39 Å². The summed E-state index contributed by atoms with van der Waals surface area (Å²) in [7, 11) is 2.05. The lowest BCUT2D eigenvalue weighted by Gasteiger charge is -2.39. The van der Waals surface area contributed by atoms with Crippen LogP contribution in [0.5, 0.6) is 6.01 Å². The van der Waals surface area contributed by atoms with Crippen LogP contribution in [0.25, 0.3) is 33.1 Å². The second-order valence-corrected chi connectivity index (χ2v) is 10.3. The molecule has 1 unspecified atom stereocenters. The molecule has 0 bridgehead atoms. The number of carbonyl (C=O) groups is 1. The van der Waals surface area contributed by atoms with Crippen LogP contribution in [0, 0.1) is 5.82 Å². The lowest BCUT2D eigenvalue weighted by molar-refractivity contribution is -0.129. The first-order valence-electron chi connectivity index (χ1n) is 12.7. The molecule has 10 nitrogen and oxygen atoms in total. The molecule has 6 rings (SSSR count). The molecule has 0 saturated carbocycles. The number of fused-ring (bicyclic) bond motifs is 2. The normalized spacial score (nSPS) is 18.0. The summed E-state index contributed by atoms with van der Waals surface area (Å²) in [6.45, 7) is 5.83. The van der Waals surface area contributed by atoms with Gasteiger partial charge in [0.05, 0.1) is 11.1 Å². The number of nitrogen functional groups attached to an aromatic ring is 1. The Labute approximate surface area is 228 Å². The van der Waals surface area contributed by atoms with Crippen molar-refractivity contribution < 1.29 is 18.3 Å². The number of nitrogens with zero attached hydrogens (tertiary/aromatic N) is 5. The Kier molecular flexibility index (Phi) is 6.48. The van der Waals surface area contributed by atoms with Gasteiger partial charge >= 0.3 is 6.01 Å². The van der Waals surface area contributed by atoms with Crippen LogP contribution in [0.3, 0.4) is 0 Å². The van der Waals surface area contributed by atoms with Crippen molar-refractivity contribution in [3.63, 3.8) is 0 Å². The number of likely N-dealkylation sites (tertiary alicyclic amines) is 2. The van der Waals surface area contributed by atoms with Crippen molar-refractivity contribution in [2.45, 2.75) is 24.9 Å². The van der Waals surface area contributed by atoms with Crippen LogP contribution >= 0.6 is 11.6 Å². The third-order valence-corrected chi connectivity index (χ3v) is 7.65. The Morgan fingerprint density at radius 3 is 2.90 bits per heavy atom. The minimum Gasteiger partial charge on any atom is -0.462 e. The second kappa shape index (κ2) is 9.97. The fraction of sp³-hybridized carbons (Fsp3) is 0.333. The number of anilines is 2. The van der Waals surface area contributed by atoms with Gasteiger partial charge < -0.3 is 30.0 Å². The van der Waals surface area contributed by atoms with Gasteiger partial charge in [-0.05, 0) is 44.6 Å². The molecule has 0 radical (unpaired) electrons. The molecular weight excluding hydrogens is 525 g/mol. The van der Waals surface area contributed by atoms with Gasteiger partial charge in [-0.3, -0.25) is 4.79 Å². The standard InChI is InChI=1S/C27H27ClFN7O3/c1-3-20(37)36-11-14(12-36)31-25-17-10-18(28)21(16-7-4-8-19-23(16)32-26(30)39-19)22(29)24(17)33-27(34-25)38-13-15-6-5-9-35(15)2/h3-4,7-8,10,14-15H,1,5-6,9,11-13H2,2H3,(H2,30,32)(H,31,33,34). The number of rotatable bonds is 7. The summed E-state index contributed by atoms with van der Waals surface area (Å²) in [6.07, 6.45) is 3.37. The number of benzene rings is 2. The molecular formula is C27H27ClFN7O3. The van der Waals surface area contributed by atoms with E-state index in [1.54, 1.807) is 29.2 Å². The highest BCUT2D eigenvalue weighted by molar-refractivity contribution is 6.34. The average Bonchev–Trinajstić information content (AvgIpc) is 3.49. The molecule has 4 aromatic rings. The van der Waals surface area contributed by atoms with Crippen LogP contribution in [-0.4, -0.2) is 76.0 Å². The molecule has 3 N–H and O–H groups in total. The first-order valence-corrected chi connectivity index (χ1v) is 13.1. The highest BCUT2D eigenvalue weighted by Gasteiger charge is 2.31. The molecule has 2 aromatic carbocycles. The molecule has 0 aliphatic carbocycles. The summed E-state index contributed by atoms with van der Waals surface area (Å²) in [6, 6.07) is 6.91. The van der Waals surface area contributed by atoms with Crippen molar-refractivity contribution in [2.75, 3.05) is 44.3 Å². The zero-order valence-electron chi connectivity index (χ0n) is 21.3. The van der Waals surface area contributed by atoms with Gasteiger partial charge in [0.2, 0.25) is 5.91 Å². The van der Waals surface area contributed by atoms with E-state index in [1.807, 2.05) is 7.05 Å². The van der Waals surface area contributed by atoms with E-state index in [-0.39, 0.29) is 46.1 Å². The fourth-order valence-electron chi connectivity index (χ4n) is 5.20. The first-order chi connectivity index (χ1) is 18.8. The Bertz CT molecular complexity index is 1600. The molecule has 4 heterocycles. The largest absolute Gasteiger partial charge is 0.462 e. The van der Waals surface area contributed by atoms with Crippen LogP contribution in [0.1, 0.15) is 12.8 Å². The van der Waals surface area contributed by atoms with E-state index in [0.29, 0.717) is 47.6 Å². The maximum Gasteiger partial charge on any atom is 0.319 e. The van der Waals surface area contributed by atoms with Gasteiger partial charge in [0.25, 0.3) is 6.01 Å². The Morgan fingerprint density at radius 2 is 2.15 bits per heavy atom. The highest BCUT2D eigenvalue weighted by Crippen LogP contribution is 2.40. The number of amides is 1. The third-order valence-electron chi connectivity index (χ3n) is 7.35. The number of hydrogen-bond acceptors (Lipinski definition) is 9. The lowest BCUT2D eigenvalue weighted by Crippen LogP contribution is -2.56. The number of hydrogen-bond donors (Lipinski definition) is 2. The molecule has 0 spiro atoms. The first kappa shape index (κ1) is 25.3. The van der Waals surface area contributed by atoms with Gasteiger partial charge in [0.1, 0.15) is 23.5 Å². The second-order valence-electron chi connectivity index (χ2n) is 9.88. The third kappa shape index (κ3) is 4.61. The number of carbonyl (C=O) groups excluding carboxylic acids is 1. The number of oxazole rings is 1. The van der Waals surface area contributed by atoms with Crippen molar-refractivity contribution in [1.29, 1.82) is 0 Å². The Balaban J connectivity index is 1.42. The van der Waals surface area contributed by atoms with Crippen molar-refractivity contribution in [1.82, 2.24) is 24.8 Å². The quantitative estimate of drug-likeness (QED) is 0.327. The minimum absolute atomic E-state index is 0.0272. The summed E-state index contributed by atoms with van der Waals surface area (Å²) in [4.78, 5) is 29.0. The molecule has 39 heavy (non-hydrogen) atoms. The lowest BCUT2D eigenvalue weighted by atomic mass is 10.0. The monoisotopic (exact) mass is 551 g/mol. The molecule has 1 amide bonds.